The Morgan fingerprint density at radius 3 is 2.74 bits per heavy atom. The number of hydrogen-bond acceptors (Lipinski definition) is 3. The van der Waals surface area contributed by atoms with Crippen LogP contribution < -0.4 is 10.6 Å². The van der Waals surface area contributed by atoms with Gasteiger partial charge in [0.1, 0.15) is 5.76 Å². The van der Waals surface area contributed by atoms with Gasteiger partial charge in [0, 0.05) is 39.8 Å². The SMILES string of the molecule is CCCCNC(=NCC(C)(C)CCOC)NCCc1ccco1. The number of aliphatic imine (C=N–C) groups is 1. The van der Waals surface area contributed by atoms with Crippen LogP contribution in [0.2, 0.25) is 0 Å². The molecular formula is C18H33N3O2. The number of rotatable bonds is 11. The Morgan fingerprint density at radius 1 is 1.30 bits per heavy atom. The lowest BCUT2D eigenvalue weighted by Crippen LogP contribution is -2.39. The van der Waals surface area contributed by atoms with Gasteiger partial charge >= 0.3 is 0 Å². The predicted octanol–water partition coefficient (Wildman–Crippen LogP) is 3.22. The lowest BCUT2D eigenvalue weighted by molar-refractivity contribution is 0.155. The van der Waals surface area contributed by atoms with Crippen molar-refractivity contribution >= 4 is 5.96 Å². The van der Waals surface area contributed by atoms with Gasteiger partial charge in [0.2, 0.25) is 0 Å². The van der Waals surface area contributed by atoms with E-state index in [1.165, 1.54) is 6.42 Å². The van der Waals surface area contributed by atoms with E-state index in [4.69, 9.17) is 14.1 Å². The van der Waals surface area contributed by atoms with Crippen LogP contribution in [0.4, 0.5) is 0 Å². The van der Waals surface area contributed by atoms with Crippen molar-refractivity contribution in [3.63, 3.8) is 0 Å². The molecule has 2 N–H and O–H groups in total. The highest BCUT2D eigenvalue weighted by Crippen LogP contribution is 2.20. The lowest BCUT2D eigenvalue weighted by Gasteiger charge is -2.22. The summed E-state index contributed by atoms with van der Waals surface area (Å²) in [6, 6.07) is 3.92. The van der Waals surface area contributed by atoms with E-state index in [9.17, 15) is 0 Å². The molecule has 0 bridgehead atoms. The fourth-order valence-corrected chi connectivity index (χ4v) is 2.07. The summed E-state index contributed by atoms with van der Waals surface area (Å²) in [5.41, 5.74) is 0.135. The number of methoxy groups -OCH3 is 1. The molecule has 23 heavy (non-hydrogen) atoms. The Labute approximate surface area is 140 Å². The molecule has 1 aromatic heterocycles. The van der Waals surface area contributed by atoms with Gasteiger partial charge in [0.15, 0.2) is 5.96 Å². The van der Waals surface area contributed by atoms with E-state index in [1.54, 1.807) is 13.4 Å². The topological polar surface area (TPSA) is 58.8 Å². The molecule has 0 saturated carbocycles. The molecule has 1 heterocycles. The maximum atomic E-state index is 5.36. The van der Waals surface area contributed by atoms with Crippen LogP contribution in [0.15, 0.2) is 27.8 Å². The molecule has 0 atom stereocenters. The number of ether oxygens (including phenoxy) is 1. The number of unbranched alkanes of at least 4 members (excludes halogenated alkanes) is 1. The zero-order valence-corrected chi connectivity index (χ0v) is 15.2. The van der Waals surface area contributed by atoms with Crippen LogP contribution in [0.25, 0.3) is 0 Å². The van der Waals surface area contributed by atoms with Crippen molar-refractivity contribution in [1.29, 1.82) is 0 Å². The quantitative estimate of drug-likeness (QED) is 0.373. The number of guanidine groups is 1. The highest BCUT2D eigenvalue weighted by Gasteiger charge is 2.17. The van der Waals surface area contributed by atoms with E-state index in [0.29, 0.717) is 0 Å². The van der Waals surface area contributed by atoms with Gasteiger partial charge in [-0.2, -0.15) is 0 Å². The van der Waals surface area contributed by atoms with Crippen LogP contribution >= 0.6 is 0 Å². The summed E-state index contributed by atoms with van der Waals surface area (Å²) >= 11 is 0. The summed E-state index contributed by atoms with van der Waals surface area (Å²) < 4.78 is 10.5. The van der Waals surface area contributed by atoms with Gasteiger partial charge in [-0.05, 0) is 30.4 Å². The third-order valence-electron chi connectivity index (χ3n) is 3.71. The molecule has 5 heteroatoms. The Hall–Kier alpha value is -1.49. The molecule has 0 amide bonds. The number of nitrogens with one attached hydrogen (secondary N) is 2. The standard InChI is InChI=1S/C18H33N3O2/c1-5-6-11-19-17(20-12-9-16-8-7-13-23-16)21-15-18(2,3)10-14-22-4/h7-8,13H,5-6,9-12,14-15H2,1-4H3,(H2,19,20,21). The van der Waals surface area contributed by atoms with Crippen LogP contribution in [-0.4, -0.2) is 39.3 Å². The fourth-order valence-electron chi connectivity index (χ4n) is 2.07. The van der Waals surface area contributed by atoms with Crippen LogP contribution in [0, 0.1) is 5.41 Å². The first-order chi connectivity index (χ1) is 11.1. The maximum Gasteiger partial charge on any atom is 0.191 e. The number of nitrogens with zero attached hydrogens (tertiary/aromatic N) is 1. The zero-order chi connectivity index (χ0) is 17.0. The highest BCUT2D eigenvalue weighted by molar-refractivity contribution is 5.79. The van der Waals surface area contributed by atoms with Gasteiger partial charge < -0.3 is 19.8 Å². The van der Waals surface area contributed by atoms with E-state index in [2.05, 4.69) is 31.4 Å². The Balaban J connectivity index is 2.46. The summed E-state index contributed by atoms with van der Waals surface area (Å²) in [5, 5.41) is 6.80. The second kappa shape index (κ2) is 11.1. The van der Waals surface area contributed by atoms with Crippen molar-refractivity contribution < 1.29 is 9.15 Å². The monoisotopic (exact) mass is 323 g/mol. The molecule has 1 rings (SSSR count). The maximum absolute atomic E-state index is 5.36. The first-order valence-corrected chi connectivity index (χ1v) is 8.61. The molecule has 0 aromatic carbocycles. The molecule has 0 fully saturated rings. The zero-order valence-electron chi connectivity index (χ0n) is 15.2. The minimum absolute atomic E-state index is 0.135. The van der Waals surface area contributed by atoms with Gasteiger partial charge in [-0.15, -0.1) is 0 Å². The van der Waals surface area contributed by atoms with Crippen LogP contribution in [0.3, 0.4) is 0 Å². The third-order valence-corrected chi connectivity index (χ3v) is 3.71. The van der Waals surface area contributed by atoms with Crippen molar-refractivity contribution in [2.75, 3.05) is 33.4 Å². The van der Waals surface area contributed by atoms with Gasteiger partial charge in [-0.1, -0.05) is 27.2 Å². The van der Waals surface area contributed by atoms with E-state index in [1.807, 2.05) is 12.1 Å². The molecule has 0 aliphatic heterocycles. The van der Waals surface area contributed by atoms with Crippen molar-refractivity contribution in [2.24, 2.45) is 10.4 Å². The minimum atomic E-state index is 0.135. The molecule has 0 radical (unpaired) electrons. The van der Waals surface area contributed by atoms with Crippen LogP contribution in [0.1, 0.15) is 45.8 Å². The largest absolute Gasteiger partial charge is 0.469 e. The summed E-state index contributed by atoms with van der Waals surface area (Å²) in [4.78, 5) is 4.75. The number of furan rings is 1. The summed E-state index contributed by atoms with van der Waals surface area (Å²) in [6.45, 7) is 9.94. The van der Waals surface area contributed by atoms with Crippen molar-refractivity contribution in [3.05, 3.63) is 24.2 Å². The van der Waals surface area contributed by atoms with Crippen molar-refractivity contribution in [3.8, 4) is 0 Å². The molecule has 0 aliphatic carbocycles. The molecular weight excluding hydrogens is 290 g/mol. The third kappa shape index (κ3) is 9.29. The average Bonchev–Trinajstić information content (AvgIpc) is 3.04. The van der Waals surface area contributed by atoms with Crippen molar-refractivity contribution in [1.82, 2.24) is 10.6 Å². The minimum Gasteiger partial charge on any atom is -0.469 e. The summed E-state index contributed by atoms with van der Waals surface area (Å²) in [6.07, 6.45) is 5.89. The normalized spacial score (nSPS) is 12.4. The van der Waals surface area contributed by atoms with Crippen LogP contribution in [-0.2, 0) is 11.2 Å². The Morgan fingerprint density at radius 2 is 2.09 bits per heavy atom. The van der Waals surface area contributed by atoms with Gasteiger partial charge in [-0.25, -0.2) is 0 Å². The van der Waals surface area contributed by atoms with E-state index < -0.39 is 0 Å². The second-order valence-corrected chi connectivity index (χ2v) is 6.61. The second-order valence-electron chi connectivity index (χ2n) is 6.61. The van der Waals surface area contributed by atoms with Gasteiger partial charge in [0.05, 0.1) is 6.26 Å². The predicted molar refractivity (Wildman–Crippen MR) is 95.9 cm³/mol. The van der Waals surface area contributed by atoms with Gasteiger partial charge in [-0.3, -0.25) is 4.99 Å². The highest BCUT2D eigenvalue weighted by atomic mass is 16.5. The molecule has 5 nitrogen and oxygen atoms in total. The van der Waals surface area contributed by atoms with Crippen LogP contribution in [0.5, 0.6) is 0 Å². The average molecular weight is 323 g/mol. The van der Waals surface area contributed by atoms with Gasteiger partial charge in [0.25, 0.3) is 0 Å². The molecule has 1 aromatic rings. The molecule has 132 valence electrons. The van der Waals surface area contributed by atoms with Crippen molar-refractivity contribution in [2.45, 2.75) is 46.5 Å². The lowest BCUT2D eigenvalue weighted by atomic mass is 9.90. The summed E-state index contributed by atoms with van der Waals surface area (Å²) in [5.74, 6) is 1.88. The molecule has 0 unspecified atom stereocenters. The molecule has 0 saturated heterocycles. The Bertz CT molecular complexity index is 427. The molecule has 0 spiro atoms. The smallest absolute Gasteiger partial charge is 0.191 e. The fraction of sp³-hybridized carbons (Fsp3) is 0.722. The first kappa shape index (κ1) is 19.6. The van der Waals surface area contributed by atoms with E-state index in [0.717, 1.165) is 57.2 Å². The molecule has 0 aliphatic rings. The van der Waals surface area contributed by atoms with E-state index in [-0.39, 0.29) is 5.41 Å². The number of hydrogen-bond donors (Lipinski definition) is 2. The summed E-state index contributed by atoms with van der Waals surface area (Å²) in [7, 11) is 1.74. The van der Waals surface area contributed by atoms with E-state index >= 15 is 0 Å². The first-order valence-electron chi connectivity index (χ1n) is 8.61. The Kier molecular flexibility index (Phi) is 9.45.